The van der Waals surface area contributed by atoms with Gasteiger partial charge in [-0.05, 0) is 30.7 Å². The van der Waals surface area contributed by atoms with Crippen molar-refractivity contribution < 1.29 is 4.74 Å². The van der Waals surface area contributed by atoms with E-state index in [0.29, 0.717) is 0 Å². The maximum absolute atomic E-state index is 5.12. The number of hydrogen-bond donors (Lipinski definition) is 0. The van der Waals surface area contributed by atoms with Crippen LogP contribution < -0.4 is 4.74 Å². The Morgan fingerprint density at radius 2 is 1.94 bits per heavy atom. The molecule has 1 aromatic heterocycles. The zero-order valence-electron chi connectivity index (χ0n) is 10.1. The van der Waals surface area contributed by atoms with Crippen molar-refractivity contribution in [1.29, 1.82) is 0 Å². The van der Waals surface area contributed by atoms with Gasteiger partial charge >= 0.3 is 0 Å². The second kappa shape index (κ2) is 5.39. The molecule has 0 aliphatic rings. The monoisotopic (exact) mass is 229 g/mol. The molecule has 2 aromatic rings. The Morgan fingerprint density at radius 1 is 1.18 bits per heavy atom. The molecule has 0 saturated heterocycles. The van der Waals surface area contributed by atoms with Crippen molar-refractivity contribution in [3.8, 4) is 17.0 Å². The molecule has 1 heterocycles. The van der Waals surface area contributed by atoms with Crippen LogP contribution in [0.5, 0.6) is 5.75 Å². The van der Waals surface area contributed by atoms with E-state index in [2.05, 4.69) is 22.1 Å². The lowest BCUT2D eigenvalue weighted by Gasteiger charge is -2.03. The Labute approximate surface area is 101 Å². The maximum atomic E-state index is 5.12. The van der Waals surface area contributed by atoms with E-state index in [1.54, 1.807) is 13.3 Å². The van der Waals surface area contributed by atoms with E-state index in [1.165, 1.54) is 0 Å². The van der Waals surface area contributed by atoms with Crippen molar-refractivity contribution >= 4 is 0 Å². The SMILES string of the molecule is CCCc1nncc(-c2ccc(OC)cc2)n1. The van der Waals surface area contributed by atoms with E-state index in [9.17, 15) is 0 Å². The first-order valence-corrected chi connectivity index (χ1v) is 5.66. The summed E-state index contributed by atoms with van der Waals surface area (Å²) in [5, 5.41) is 7.98. The number of nitrogens with zero attached hydrogens (tertiary/aromatic N) is 3. The van der Waals surface area contributed by atoms with Crippen molar-refractivity contribution in [1.82, 2.24) is 15.2 Å². The van der Waals surface area contributed by atoms with Crippen molar-refractivity contribution in [2.45, 2.75) is 19.8 Å². The van der Waals surface area contributed by atoms with Gasteiger partial charge in [-0.1, -0.05) is 6.92 Å². The average Bonchev–Trinajstić information content (AvgIpc) is 2.40. The molecule has 17 heavy (non-hydrogen) atoms. The van der Waals surface area contributed by atoms with Gasteiger partial charge in [0.15, 0.2) is 5.82 Å². The minimum atomic E-state index is 0.792. The first kappa shape index (κ1) is 11.5. The Hall–Kier alpha value is -1.97. The molecule has 0 radical (unpaired) electrons. The molecule has 0 atom stereocenters. The van der Waals surface area contributed by atoms with E-state index in [1.807, 2.05) is 24.3 Å². The molecule has 0 N–H and O–H groups in total. The highest BCUT2D eigenvalue weighted by Gasteiger charge is 2.03. The summed E-state index contributed by atoms with van der Waals surface area (Å²) in [4.78, 5) is 4.47. The number of aromatic nitrogens is 3. The van der Waals surface area contributed by atoms with Gasteiger partial charge in [-0.3, -0.25) is 0 Å². The summed E-state index contributed by atoms with van der Waals surface area (Å²) in [7, 11) is 1.65. The van der Waals surface area contributed by atoms with Gasteiger partial charge < -0.3 is 4.74 Å². The zero-order chi connectivity index (χ0) is 12.1. The Bertz CT molecular complexity index is 482. The largest absolute Gasteiger partial charge is 0.497 e. The van der Waals surface area contributed by atoms with Gasteiger partial charge in [0, 0.05) is 12.0 Å². The predicted molar refractivity (Wildman–Crippen MR) is 65.8 cm³/mol. The van der Waals surface area contributed by atoms with E-state index in [-0.39, 0.29) is 0 Å². The molecule has 1 aromatic carbocycles. The molecule has 0 aliphatic carbocycles. The van der Waals surface area contributed by atoms with Gasteiger partial charge in [-0.25, -0.2) is 4.98 Å². The zero-order valence-corrected chi connectivity index (χ0v) is 10.1. The molecular weight excluding hydrogens is 214 g/mol. The molecule has 0 bridgehead atoms. The smallest absolute Gasteiger partial charge is 0.151 e. The highest BCUT2D eigenvalue weighted by molar-refractivity contribution is 5.58. The lowest BCUT2D eigenvalue weighted by atomic mass is 10.1. The third kappa shape index (κ3) is 2.78. The van der Waals surface area contributed by atoms with Gasteiger partial charge in [-0.2, -0.15) is 5.10 Å². The number of benzene rings is 1. The topological polar surface area (TPSA) is 47.9 Å². The fraction of sp³-hybridized carbons (Fsp3) is 0.308. The van der Waals surface area contributed by atoms with Crippen LogP contribution in [0, 0.1) is 0 Å². The van der Waals surface area contributed by atoms with Crippen LogP contribution in [0.15, 0.2) is 30.5 Å². The predicted octanol–water partition coefficient (Wildman–Crippen LogP) is 2.50. The molecule has 0 unspecified atom stereocenters. The lowest BCUT2D eigenvalue weighted by Crippen LogP contribution is -1.98. The van der Waals surface area contributed by atoms with Crippen LogP contribution in [-0.2, 0) is 6.42 Å². The number of aryl methyl sites for hydroxylation is 1. The average molecular weight is 229 g/mol. The number of ether oxygens (including phenoxy) is 1. The van der Waals surface area contributed by atoms with Crippen LogP contribution >= 0.6 is 0 Å². The van der Waals surface area contributed by atoms with Crippen LogP contribution in [0.4, 0.5) is 0 Å². The van der Waals surface area contributed by atoms with E-state index < -0.39 is 0 Å². The molecule has 0 aliphatic heterocycles. The van der Waals surface area contributed by atoms with Crippen LogP contribution in [0.25, 0.3) is 11.3 Å². The van der Waals surface area contributed by atoms with Crippen LogP contribution in [0.2, 0.25) is 0 Å². The van der Waals surface area contributed by atoms with E-state index in [0.717, 1.165) is 35.7 Å². The Kier molecular flexibility index (Phi) is 3.65. The van der Waals surface area contributed by atoms with E-state index in [4.69, 9.17) is 4.74 Å². The van der Waals surface area contributed by atoms with Gasteiger partial charge in [-0.15, -0.1) is 5.10 Å². The summed E-state index contributed by atoms with van der Waals surface area (Å²) in [5.41, 5.74) is 1.88. The lowest BCUT2D eigenvalue weighted by molar-refractivity contribution is 0.415. The maximum Gasteiger partial charge on any atom is 0.151 e. The first-order chi connectivity index (χ1) is 8.33. The molecule has 0 amide bonds. The van der Waals surface area contributed by atoms with Crippen LogP contribution in [-0.4, -0.2) is 22.3 Å². The molecular formula is C13H15N3O. The number of methoxy groups -OCH3 is 1. The minimum absolute atomic E-state index is 0.792. The molecule has 0 spiro atoms. The molecule has 0 fully saturated rings. The Morgan fingerprint density at radius 3 is 2.59 bits per heavy atom. The third-order valence-electron chi connectivity index (χ3n) is 2.46. The van der Waals surface area contributed by atoms with Crippen molar-refractivity contribution in [2.75, 3.05) is 7.11 Å². The van der Waals surface area contributed by atoms with Crippen molar-refractivity contribution in [2.24, 2.45) is 0 Å². The summed E-state index contributed by atoms with van der Waals surface area (Å²) in [6, 6.07) is 7.77. The second-order valence-electron chi connectivity index (χ2n) is 3.74. The fourth-order valence-corrected chi connectivity index (χ4v) is 1.57. The summed E-state index contributed by atoms with van der Waals surface area (Å²) in [6.07, 6.45) is 3.56. The highest BCUT2D eigenvalue weighted by atomic mass is 16.5. The van der Waals surface area contributed by atoms with E-state index >= 15 is 0 Å². The summed E-state index contributed by atoms with van der Waals surface area (Å²) in [6.45, 7) is 2.10. The molecule has 2 rings (SSSR count). The van der Waals surface area contributed by atoms with Crippen molar-refractivity contribution in [3.05, 3.63) is 36.3 Å². The van der Waals surface area contributed by atoms with Gasteiger partial charge in [0.1, 0.15) is 5.75 Å². The van der Waals surface area contributed by atoms with Crippen molar-refractivity contribution in [3.63, 3.8) is 0 Å². The minimum Gasteiger partial charge on any atom is -0.497 e. The summed E-state index contributed by atoms with van der Waals surface area (Å²) < 4.78 is 5.12. The van der Waals surface area contributed by atoms with Gasteiger partial charge in [0.05, 0.1) is 19.0 Å². The molecule has 4 nitrogen and oxygen atoms in total. The second-order valence-corrected chi connectivity index (χ2v) is 3.74. The number of rotatable bonds is 4. The van der Waals surface area contributed by atoms with Crippen LogP contribution in [0.1, 0.15) is 19.2 Å². The van der Waals surface area contributed by atoms with Gasteiger partial charge in [0.2, 0.25) is 0 Å². The molecule has 88 valence electrons. The number of hydrogen-bond acceptors (Lipinski definition) is 4. The first-order valence-electron chi connectivity index (χ1n) is 5.66. The standard InChI is InChI=1S/C13H15N3O/c1-3-4-13-15-12(9-14-16-13)10-5-7-11(17-2)8-6-10/h5-9H,3-4H2,1-2H3. The van der Waals surface area contributed by atoms with Gasteiger partial charge in [0.25, 0.3) is 0 Å². The molecule has 4 heteroatoms. The van der Waals surface area contributed by atoms with Crippen LogP contribution in [0.3, 0.4) is 0 Å². The summed E-state index contributed by atoms with van der Waals surface area (Å²) in [5.74, 6) is 1.63. The fourth-order valence-electron chi connectivity index (χ4n) is 1.57. The Balaban J connectivity index is 2.28. The molecule has 0 saturated carbocycles. The third-order valence-corrected chi connectivity index (χ3v) is 2.46. The normalized spacial score (nSPS) is 10.2. The quantitative estimate of drug-likeness (QED) is 0.808. The summed E-state index contributed by atoms with van der Waals surface area (Å²) >= 11 is 0. The highest BCUT2D eigenvalue weighted by Crippen LogP contribution is 2.19.